The molecule has 6 heteroatoms. The summed E-state index contributed by atoms with van der Waals surface area (Å²) in [5.41, 5.74) is 3.95. The molecule has 4 rings (SSSR count). The molecule has 1 aliphatic carbocycles. The van der Waals surface area contributed by atoms with Crippen molar-refractivity contribution in [3.05, 3.63) is 40.8 Å². The highest BCUT2D eigenvalue weighted by Crippen LogP contribution is 2.37. The van der Waals surface area contributed by atoms with E-state index < -0.39 is 0 Å². The van der Waals surface area contributed by atoms with Crippen molar-refractivity contribution in [3.8, 4) is 6.07 Å². The Bertz CT molecular complexity index is 941. The van der Waals surface area contributed by atoms with Crippen molar-refractivity contribution in [3.63, 3.8) is 0 Å². The summed E-state index contributed by atoms with van der Waals surface area (Å²) in [6.45, 7) is 8.30. The van der Waals surface area contributed by atoms with Crippen LogP contribution in [0.25, 0.3) is 0 Å². The molecule has 1 unspecified atom stereocenters. The number of fused-ring (bicyclic) bond motifs is 1. The van der Waals surface area contributed by atoms with Gasteiger partial charge in [0.1, 0.15) is 11.9 Å². The number of nitrogens with one attached hydrogen (secondary N) is 1. The van der Waals surface area contributed by atoms with Gasteiger partial charge >= 0.3 is 0 Å². The molecule has 6 nitrogen and oxygen atoms in total. The lowest BCUT2D eigenvalue weighted by molar-refractivity contribution is -0.118. The number of carbonyl (C=O) groups excluding carboxylic acids is 1. The van der Waals surface area contributed by atoms with Crippen molar-refractivity contribution in [2.45, 2.75) is 71.5 Å². The zero-order chi connectivity index (χ0) is 20.5. The summed E-state index contributed by atoms with van der Waals surface area (Å²) in [5, 5.41) is 12.9. The van der Waals surface area contributed by atoms with Crippen LogP contribution in [0.15, 0.2) is 18.3 Å². The van der Waals surface area contributed by atoms with Crippen LogP contribution in [-0.2, 0) is 11.3 Å². The highest BCUT2D eigenvalue weighted by Gasteiger charge is 2.28. The minimum Gasteiger partial charge on any atom is -0.349 e. The summed E-state index contributed by atoms with van der Waals surface area (Å²) in [6, 6.07) is 7.11. The molecule has 154 valence electrons. The molecule has 1 aliphatic heterocycles. The van der Waals surface area contributed by atoms with Crippen molar-refractivity contribution in [1.82, 2.24) is 14.0 Å². The van der Waals surface area contributed by atoms with E-state index >= 15 is 0 Å². The molecule has 3 heterocycles. The normalized spacial score (nSPS) is 20.3. The van der Waals surface area contributed by atoms with E-state index in [0.29, 0.717) is 24.0 Å². The van der Waals surface area contributed by atoms with Crippen LogP contribution in [0.2, 0.25) is 0 Å². The van der Waals surface area contributed by atoms with Crippen LogP contribution in [0.3, 0.4) is 0 Å². The Hall–Kier alpha value is -2.52. The van der Waals surface area contributed by atoms with Crippen LogP contribution in [0.5, 0.6) is 0 Å². The maximum absolute atomic E-state index is 13.0. The predicted molar refractivity (Wildman–Crippen MR) is 114 cm³/mol. The molecule has 29 heavy (non-hydrogen) atoms. The van der Waals surface area contributed by atoms with E-state index in [-0.39, 0.29) is 11.9 Å². The Morgan fingerprint density at radius 2 is 2.00 bits per heavy atom. The lowest BCUT2D eigenvalue weighted by Crippen LogP contribution is -2.41. The first kappa shape index (κ1) is 19.8. The van der Waals surface area contributed by atoms with Gasteiger partial charge in [-0.2, -0.15) is 5.26 Å². The molecule has 1 fully saturated rings. The van der Waals surface area contributed by atoms with Crippen LogP contribution in [0, 0.1) is 25.2 Å². The van der Waals surface area contributed by atoms with Gasteiger partial charge in [-0.3, -0.25) is 9.69 Å². The van der Waals surface area contributed by atoms with E-state index in [0.717, 1.165) is 37.2 Å². The van der Waals surface area contributed by atoms with E-state index in [1.165, 1.54) is 25.0 Å². The molecular weight excluding hydrogens is 362 g/mol. The van der Waals surface area contributed by atoms with Gasteiger partial charge in [-0.05, 0) is 51.3 Å². The average Bonchev–Trinajstić information content (AvgIpc) is 3.29. The molecule has 0 aromatic carbocycles. The molecule has 2 aliphatic rings. The molecule has 1 atom stereocenters. The van der Waals surface area contributed by atoms with Crippen molar-refractivity contribution < 1.29 is 4.79 Å². The fourth-order valence-corrected chi connectivity index (χ4v) is 5.08. The second-order valence-electron chi connectivity index (χ2n) is 8.53. The fourth-order valence-electron chi connectivity index (χ4n) is 5.08. The van der Waals surface area contributed by atoms with E-state index in [2.05, 4.69) is 57.6 Å². The summed E-state index contributed by atoms with van der Waals surface area (Å²) < 4.78 is 4.49. The van der Waals surface area contributed by atoms with Gasteiger partial charge in [0.05, 0.1) is 12.1 Å². The zero-order valence-corrected chi connectivity index (χ0v) is 17.7. The molecule has 0 radical (unpaired) electrons. The monoisotopic (exact) mass is 393 g/mol. The maximum Gasteiger partial charge on any atom is 0.239 e. The Labute approximate surface area is 173 Å². The van der Waals surface area contributed by atoms with Gasteiger partial charge in [0.2, 0.25) is 5.91 Å². The van der Waals surface area contributed by atoms with Gasteiger partial charge in [-0.1, -0.05) is 19.3 Å². The van der Waals surface area contributed by atoms with Crippen LogP contribution >= 0.6 is 0 Å². The Morgan fingerprint density at radius 1 is 1.24 bits per heavy atom. The number of hydrogen-bond donors (Lipinski definition) is 1. The first-order chi connectivity index (χ1) is 14.0. The molecule has 1 N–H and O–H groups in total. The number of amides is 1. The molecular formula is C23H31N5O. The summed E-state index contributed by atoms with van der Waals surface area (Å²) in [6.07, 6.45) is 8.02. The summed E-state index contributed by atoms with van der Waals surface area (Å²) in [7, 11) is 0. The highest BCUT2D eigenvalue weighted by molar-refractivity contribution is 5.93. The van der Waals surface area contributed by atoms with Crippen LogP contribution < -0.4 is 5.32 Å². The van der Waals surface area contributed by atoms with Crippen LogP contribution in [0.1, 0.15) is 73.6 Å². The first-order valence-electron chi connectivity index (χ1n) is 10.8. The molecule has 0 bridgehead atoms. The fraction of sp³-hybridized carbons (Fsp3) is 0.565. The lowest BCUT2D eigenvalue weighted by Gasteiger charge is -2.34. The highest BCUT2D eigenvalue weighted by atomic mass is 16.2. The number of rotatable bonds is 4. The number of carbonyl (C=O) groups is 1. The summed E-state index contributed by atoms with van der Waals surface area (Å²) in [4.78, 5) is 15.2. The number of nitrogens with zero attached hydrogens (tertiary/aromatic N) is 4. The lowest BCUT2D eigenvalue weighted by atomic mass is 9.95. The Kier molecular flexibility index (Phi) is 5.51. The van der Waals surface area contributed by atoms with Crippen LogP contribution in [0.4, 0.5) is 5.82 Å². The van der Waals surface area contributed by atoms with E-state index in [9.17, 15) is 10.1 Å². The average molecular weight is 394 g/mol. The van der Waals surface area contributed by atoms with Crippen molar-refractivity contribution in [2.24, 2.45) is 0 Å². The van der Waals surface area contributed by atoms with Crippen molar-refractivity contribution in [1.29, 1.82) is 5.26 Å². The Morgan fingerprint density at radius 3 is 2.72 bits per heavy atom. The summed E-state index contributed by atoms with van der Waals surface area (Å²) in [5.74, 6) is 0.662. The number of hydrogen-bond acceptors (Lipinski definition) is 3. The smallest absolute Gasteiger partial charge is 0.239 e. The minimum atomic E-state index is -0.0390. The van der Waals surface area contributed by atoms with Gasteiger partial charge < -0.3 is 14.5 Å². The minimum absolute atomic E-state index is 0.0390. The quantitative estimate of drug-likeness (QED) is 0.842. The standard InChI is InChI=1S/C23H31N5O/c1-16-17(2)28(19-8-5-4-6-9-19)23(20(16)14-24)25-22(29)15-27-13-12-26-11-7-10-21(26)18(27)3/h7,10-11,18-19H,4-6,8-9,12-13,15H2,1-3H3,(H,25,29). The Balaban J connectivity index is 1.55. The molecule has 1 saturated carbocycles. The SMILES string of the molecule is Cc1c(C#N)c(NC(=O)CN2CCn3cccc3C2C)n(C2CCCCC2)c1C. The second-order valence-corrected chi connectivity index (χ2v) is 8.53. The first-order valence-corrected chi connectivity index (χ1v) is 10.8. The number of aromatic nitrogens is 2. The molecule has 2 aromatic rings. The third kappa shape index (κ3) is 3.60. The van der Waals surface area contributed by atoms with Gasteiger partial charge in [0, 0.05) is 42.8 Å². The van der Waals surface area contributed by atoms with Crippen molar-refractivity contribution in [2.75, 3.05) is 18.4 Å². The molecule has 0 spiro atoms. The van der Waals surface area contributed by atoms with Gasteiger partial charge in [0.15, 0.2) is 0 Å². The van der Waals surface area contributed by atoms with Gasteiger partial charge in [0.25, 0.3) is 0 Å². The topological polar surface area (TPSA) is 66.0 Å². The summed E-state index contributed by atoms with van der Waals surface area (Å²) >= 11 is 0. The molecule has 2 aromatic heterocycles. The molecule has 1 amide bonds. The largest absolute Gasteiger partial charge is 0.349 e. The number of nitriles is 1. The van der Waals surface area contributed by atoms with E-state index in [4.69, 9.17) is 0 Å². The molecule has 0 saturated heterocycles. The zero-order valence-electron chi connectivity index (χ0n) is 17.7. The van der Waals surface area contributed by atoms with Crippen molar-refractivity contribution >= 4 is 11.7 Å². The third-order valence-corrected chi connectivity index (χ3v) is 6.88. The number of anilines is 1. The van der Waals surface area contributed by atoms with E-state index in [1.807, 2.05) is 6.92 Å². The van der Waals surface area contributed by atoms with E-state index in [1.54, 1.807) is 0 Å². The van der Waals surface area contributed by atoms with Gasteiger partial charge in [-0.25, -0.2) is 0 Å². The second kappa shape index (κ2) is 8.08. The predicted octanol–water partition coefficient (Wildman–Crippen LogP) is 4.30. The van der Waals surface area contributed by atoms with Gasteiger partial charge in [-0.15, -0.1) is 0 Å². The third-order valence-electron chi connectivity index (χ3n) is 6.88. The maximum atomic E-state index is 13.0. The van der Waals surface area contributed by atoms with Crippen LogP contribution in [-0.4, -0.2) is 33.0 Å².